The molecule has 1 rings (SSSR count). The molecule has 1 aromatic carbocycles. The SMILES string of the molecule is Cl.Cl.NC(=O)c1ccccc1Br. The van der Waals surface area contributed by atoms with E-state index >= 15 is 0 Å². The Morgan fingerprint density at radius 2 is 1.75 bits per heavy atom. The molecule has 0 aliphatic rings. The Kier molecular flexibility index (Phi) is 7.48. The number of halogens is 3. The molecule has 0 spiro atoms. The highest BCUT2D eigenvalue weighted by atomic mass is 79.9. The molecule has 2 nitrogen and oxygen atoms in total. The third kappa shape index (κ3) is 3.43. The van der Waals surface area contributed by atoms with Gasteiger partial charge in [0.25, 0.3) is 0 Å². The molecule has 0 unspecified atom stereocenters. The minimum atomic E-state index is -0.410. The molecule has 0 saturated heterocycles. The number of benzene rings is 1. The molecule has 68 valence electrons. The maximum atomic E-state index is 10.6. The summed E-state index contributed by atoms with van der Waals surface area (Å²) in [6, 6.07) is 7.05. The number of primary amides is 1. The molecule has 0 saturated carbocycles. The highest BCUT2D eigenvalue weighted by Gasteiger charge is 2.02. The Morgan fingerprint density at radius 3 is 2.08 bits per heavy atom. The van der Waals surface area contributed by atoms with Crippen LogP contribution in [0.25, 0.3) is 0 Å². The number of rotatable bonds is 1. The molecule has 0 fully saturated rings. The van der Waals surface area contributed by atoms with Crippen LogP contribution in [0.2, 0.25) is 0 Å². The normalized spacial score (nSPS) is 7.75. The highest BCUT2D eigenvalue weighted by Crippen LogP contribution is 2.14. The van der Waals surface area contributed by atoms with Crippen molar-refractivity contribution in [2.24, 2.45) is 5.73 Å². The van der Waals surface area contributed by atoms with Crippen molar-refractivity contribution in [3.8, 4) is 0 Å². The lowest BCUT2D eigenvalue weighted by molar-refractivity contribution is 0.0999. The van der Waals surface area contributed by atoms with Crippen LogP contribution in [0.5, 0.6) is 0 Å². The molecule has 1 amide bonds. The first-order chi connectivity index (χ1) is 4.72. The van der Waals surface area contributed by atoms with Crippen LogP contribution in [0.1, 0.15) is 10.4 Å². The Morgan fingerprint density at radius 1 is 1.25 bits per heavy atom. The molecule has 0 aliphatic carbocycles. The molecule has 0 aliphatic heterocycles. The number of hydrogen-bond donors (Lipinski definition) is 1. The number of hydrogen-bond acceptors (Lipinski definition) is 1. The van der Waals surface area contributed by atoms with E-state index in [-0.39, 0.29) is 24.8 Å². The van der Waals surface area contributed by atoms with E-state index in [4.69, 9.17) is 5.73 Å². The van der Waals surface area contributed by atoms with Crippen molar-refractivity contribution in [2.75, 3.05) is 0 Å². The number of carbonyl (C=O) groups excluding carboxylic acids is 1. The van der Waals surface area contributed by atoms with Crippen LogP contribution in [0.15, 0.2) is 28.7 Å². The summed E-state index contributed by atoms with van der Waals surface area (Å²) < 4.78 is 0.738. The van der Waals surface area contributed by atoms with Crippen molar-refractivity contribution in [1.29, 1.82) is 0 Å². The lowest BCUT2D eigenvalue weighted by atomic mass is 10.2. The summed E-state index contributed by atoms with van der Waals surface area (Å²) in [6.07, 6.45) is 0. The second-order valence-electron chi connectivity index (χ2n) is 1.84. The Labute approximate surface area is 91.5 Å². The molecular weight excluding hydrogens is 265 g/mol. The fourth-order valence-electron chi connectivity index (χ4n) is 0.661. The lowest BCUT2D eigenvalue weighted by Crippen LogP contribution is -2.11. The first-order valence-corrected chi connectivity index (χ1v) is 3.55. The largest absolute Gasteiger partial charge is 0.366 e. The summed E-state index contributed by atoms with van der Waals surface area (Å²) in [5.74, 6) is -0.410. The minimum Gasteiger partial charge on any atom is -0.366 e. The first-order valence-electron chi connectivity index (χ1n) is 2.76. The van der Waals surface area contributed by atoms with Crippen LogP contribution in [-0.2, 0) is 0 Å². The highest BCUT2D eigenvalue weighted by molar-refractivity contribution is 9.10. The van der Waals surface area contributed by atoms with Crippen LogP contribution < -0.4 is 5.73 Å². The average molecular weight is 273 g/mol. The van der Waals surface area contributed by atoms with E-state index in [1.807, 2.05) is 6.07 Å². The van der Waals surface area contributed by atoms with Gasteiger partial charge in [0.15, 0.2) is 0 Å². The fourth-order valence-corrected chi connectivity index (χ4v) is 1.14. The van der Waals surface area contributed by atoms with Crippen molar-refractivity contribution in [2.45, 2.75) is 0 Å². The first kappa shape index (κ1) is 14.3. The molecule has 12 heavy (non-hydrogen) atoms. The zero-order valence-corrected chi connectivity index (χ0v) is 9.21. The second kappa shape index (κ2) is 6.29. The molecule has 0 bridgehead atoms. The summed E-state index contributed by atoms with van der Waals surface area (Å²) >= 11 is 3.20. The zero-order valence-electron chi connectivity index (χ0n) is 5.99. The third-order valence-corrected chi connectivity index (χ3v) is 1.83. The Balaban J connectivity index is 0. The third-order valence-electron chi connectivity index (χ3n) is 1.14. The van der Waals surface area contributed by atoms with E-state index in [0.29, 0.717) is 5.56 Å². The molecule has 5 heteroatoms. The monoisotopic (exact) mass is 271 g/mol. The topological polar surface area (TPSA) is 43.1 Å². The molecular formula is C7H8BrCl2NO. The van der Waals surface area contributed by atoms with Gasteiger partial charge in [-0.25, -0.2) is 0 Å². The predicted molar refractivity (Wildman–Crippen MR) is 57.2 cm³/mol. The van der Waals surface area contributed by atoms with Gasteiger partial charge in [-0.05, 0) is 28.1 Å². The van der Waals surface area contributed by atoms with Crippen molar-refractivity contribution in [3.63, 3.8) is 0 Å². The predicted octanol–water partition coefficient (Wildman–Crippen LogP) is 2.39. The fraction of sp³-hybridized carbons (Fsp3) is 0. The van der Waals surface area contributed by atoms with Gasteiger partial charge in [-0.1, -0.05) is 12.1 Å². The van der Waals surface area contributed by atoms with Crippen LogP contribution in [0.3, 0.4) is 0 Å². The van der Waals surface area contributed by atoms with Gasteiger partial charge in [0.1, 0.15) is 0 Å². The van der Waals surface area contributed by atoms with Gasteiger partial charge >= 0.3 is 0 Å². The standard InChI is InChI=1S/C7H6BrNO.2ClH/c8-6-4-2-1-3-5(6)7(9)10;;/h1-4H,(H2,9,10);2*1H. The van der Waals surface area contributed by atoms with E-state index in [0.717, 1.165) is 4.47 Å². The maximum absolute atomic E-state index is 10.6. The summed E-state index contributed by atoms with van der Waals surface area (Å²) in [5, 5.41) is 0. The molecule has 2 N–H and O–H groups in total. The minimum absolute atomic E-state index is 0. The van der Waals surface area contributed by atoms with E-state index in [1.54, 1.807) is 18.2 Å². The van der Waals surface area contributed by atoms with Crippen molar-refractivity contribution in [1.82, 2.24) is 0 Å². The summed E-state index contributed by atoms with van der Waals surface area (Å²) in [7, 11) is 0. The molecule has 0 atom stereocenters. The smallest absolute Gasteiger partial charge is 0.249 e. The lowest BCUT2D eigenvalue weighted by Gasteiger charge is -1.95. The van der Waals surface area contributed by atoms with Crippen molar-refractivity contribution in [3.05, 3.63) is 34.3 Å². The van der Waals surface area contributed by atoms with Gasteiger partial charge in [-0.2, -0.15) is 0 Å². The molecule has 0 heterocycles. The summed E-state index contributed by atoms with van der Waals surface area (Å²) in [5.41, 5.74) is 5.56. The van der Waals surface area contributed by atoms with Crippen LogP contribution in [0, 0.1) is 0 Å². The van der Waals surface area contributed by atoms with E-state index in [9.17, 15) is 4.79 Å². The molecule has 1 aromatic rings. The zero-order chi connectivity index (χ0) is 7.56. The van der Waals surface area contributed by atoms with Gasteiger partial charge in [-0.3, -0.25) is 4.79 Å². The van der Waals surface area contributed by atoms with Gasteiger partial charge in [-0.15, -0.1) is 24.8 Å². The number of carbonyl (C=O) groups is 1. The Bertz CT molecular complexity index is 267. The van der Waals surface area contributed by atoms with Gasteiger partial charge in [0.2, 0.25) is 5.91 Å². The van der Waals surface area contributed by atoms with Crippen molar-refractivity contribution < 1.29 is 4.79 Å². The molecule has 0 aromatic heterocycles. The van der Waals surface area contributed by atoms with Gasteiger partial charge in [0, 0.05) is 4.47 Å². The van der Waals surface area contributed by atoms with Crippen LogP contribution in [0.4, 0.5) is 0 Å². The van der Waals surface area contributed by atoms with Gasteiger partial charge in [0.05, 0.1) is 5.56 Å². The van der Waals surface area contributed by atoms with E-state index < -0.39 is 5.91 Å². The summed E-state index contributed by atoms with van der Waals surface area (Å²) in [6.45, 7) is 0. The second-order valence-corrected chi connectivity index (χ2v) is 2.70. The van der Waals surface area contributed by atoms with Gasteiger partial charge < -0.3 is 5.73 Å². The van der Waals surface area contributed by atoms with E-state index in [2.05, 4.69) is 15.9 Å². The quantitative estimate of drug-likeness (QED) is 0.838. The number of nitrogens with two attached hydrogens (primary N) is 1. The van der Waals surface area contributed by atoms with Crippen molar-refractivity contribution >= 4 is 46.7 Å². The number of amides is 1. The molecule has 0 radical (unpaired) electrons. The van der Waals surface area contributed by atoms with Crippen LogP contribution >= 0.6 is 40.7 Å². The Hall–Kier alpha value is -0.250. The van der Waals surface area contributed by atoms with Crippen LogP contribution in [-0.4, -0.2) is 5.91 Å². The van der Waals surface area contributed by atoms with E-state index in [1.165, 1.54) is 0 Å². The summed E-state index contributed by atoms with van der Waals surface area (Å²) in [4.78, 5) is 10.6. The average Bonchev–Trinajstić information content (AvgIpc) is 1.88. The maximum Gasteiger partial charge on any atom is 0.249 e.